The molecular formula is C21H19NO6S. The number of rotatable bonds is 6. The van der Waals surface area contributed by atoms with Crippen molar-refractivity contribution in [2.24, 2.45) is 0 Å². The van der Waals surface area contributed by atoms with E-state index in [0.717, 1.165) is 10.6 Å². The van der Waals surface area contributed by atoms with Gasteiger partial charge in [0.25, 0.3) is 0 Å². The van der Waals surface area contributed by atoms with Crippen molar-refractivity contribution in [2.75, 3.05) is 27.4 Å². The van der Waals surface area contributed by atoms with Crippen LogP contribution in [-0.4, -0.2) is 38.4 Å². The fourth-order valence-electron chi connectivity index (χ4n) is 2.95. The predicted octanol–water partition coefficient (Wildman–Crippen LogP) is 3.96. The van der Waals surface area contributed by atoms with Crippen LogP contribution in [0.5, 0.6) is 23.0 Å². The van der Waals surface area contributed by atoms with Gasteiger partial charge in [-0.05, 0) is 30.3 Å². The van der Waals surface area contributed by atoms with E-state index < -0.39 is 5.97 Å². The summed E-state index contributed by atoms with van der Waals surface area (Å²) < 4.78 is 27.2. The topological polar surface area (TPSA) is 76.1 Å². The second-order valence-electron chi connectivity index (χ2n) is 6.12. The highest BCUT2D eigenvalue weighted by Gasteiger charge is 2.17. The minimum atomic E-state index is -0.449. The summed E-state index contributed by atoms with van der Waals surface area (Å²) in [5.74, 6) is 1.97. The quantitative estimate of drug-likeness (QED) is 0.566. The average molecular weight is 413 g/mol. The van der Waals surface area contributed by atoms with E-state index in [1.165, 1.54) is 11.3 Å². The average Bonchev–Trinajstić information content (AvgIpc) is 3.25. The monoisotopic (exact) mass is 413 g/mol. The highest BCUT2D eigenvalue weighted by Crippen LogP contribution is 2.39. The minimum Gasteiger partial charge on any atom is -0.493 e. The standard InChI is InChI=1S/C21H19NO6S/c1-24-17-5-3-4-15(19(17)25-2)20-22-14(12-29-20)11-28-21(23)13-6-7-16-18(10-13)27-9-8-26-16/h3-7,10,12H,8-9,11H2,1-2H3. The third-order valence-electron chi connectivity index (χ3n) is 4.31. The summed E-state index contributed by atoms with van der Waals surface area (Å²) in [6.07, 6.45) is 0. The molecule has 0 fully saturated rings. The Kier molecular flexibility index (Phi) is 5.53. The number of hydrogen-bond acceptors (Lipinski definition) is 8. The van der Waals surface area contributed by atoms with Gasteiger partial charge in [-0.3, -0.25) is 0 Å². The molecule has 0 aliphatic carbocycles. The van der Waals surface area contributed by atoms with Crippen molar-refractivity contribution in [1.29, 1.82) is 0 Å². The van der Waals surface area contributed by atoms with Crippen LogP contribution in [0.3, 0.4) is 0 Å². The van der Waals surface area contributed by atoms with Crippen LogP contribution in [0.4, 0.5) is 0 Å². The molecule has 1 aliphatic rings. The molecule has 0 bridgehead atoms. The molecule has 1 aromatic heterocycles. The zero-order chi connectivity index (χ0) is 20.2. The number of benzene rings is 2. The number of fused-ring (bicyclic) bond motifs is 1. The maximum absolute atomic E-state index is 12.4. The van der Waals surface area contributed by atoms with E-state index in [4.69, 9.17) is 23.7 Å². The van der Waals surface area contributed by atoms with Crippen molar-refractivity contribution in [3.8, 4) is 33.6 Å². The molecule has 29 heavy (non-hydrogen) atoms. The Labute approximate surface area is 171 Å². The molecule has 2 aromatic carbocycles. The van der Waals surface area contributed by atoms with Crippen LogP contribution in [0.2, 0.25) is 0 Å². The number of ether oxygens (including phenoxy) is 5. The van der Waals surface area contributed by atoms with Crippen LogP contribution in [-0.2, 0) is 11.3 Å². The second kappa shape index (κ2) is 8.40. The Hall–Kier alpha value is -3.26. The van der Waals surface area contributed by atoms with Crippen LogP contribution in [0.15, 0.2) is 41.8 Å². The molecule has 4 rings (SSSR count). The number of carbonyl (C=O) groups is 1. The van der Waals surface area contributed by atoms with Crippen molar-refractivity contribution in [3.05, 3.63) is 53.0 Å². The lowest BCUT2D eigenvalue weighted by molar-refractivity contribution is 0.0467. The Morgan fingerprint density at radius 2 is 1.93 bits per heavy atom. The van der Waals surface area contributed by atoms with Gasteiger partial charge >= 0.3 is 5.97 Å². The first kappa shape index (κ1) is 19.1. The Morgan fingerprint density at radius 3 is 2.72 bits per heavy atom. The van der Waals surface area contributed by atoms with Gasteiger partial charge in [-0.1, -0.05) is 6.07 Å². The minimum absolute atomic E-state index is 0.0655. The lowest BCUT2D eigenvalue weighted by Gasteiger charge is -2.18. The molecule has 0 unspecified atom stereocenters. The number of para-hydroxylation sites is 1. The number of esters is 1. The number of methoxy groups -OCH3 is 2. The van der Waals surface area contributed by atoms with Gasteiger partial charge in [-0.25, -0.2) is 9.78 Å². The molecular weight excluding hydrogens is 394 g/mol. The highest BCUT2D eigenvalue weighted by molar-refractivity contribution is 7.13. The first-order valence-corrected chi connectivity index (χ1v) is 9.80. The van der Waals surface area contributed by atoms with Crippen LogP contribution < -0.4 is 18.9 Å². The number of hydrogen-bond donors (Lipinski definition) is 0. The molecule has 0 radical (unpaired) electrons. The fourth-order valence-corrected chi connectivity index (χ4v) is 3.77. The zero-order valence-electron chi connectivity index (χ0n) is 16.0. The third-order valence-corrected chi connectivity index (χ3v) is 5.24. The lowest BCUT2D eigenvalue weighted by Crippen LogP contribution is -2.16. The number of nitrogens with zero attached hydrogens (tertiary/aromatic N) is 1. The van der Waals surface area contributed by atoms with Gasteiger partial charge in [0.15, 0.2) is 23.0 Å². The van der Waals surface area contributed by atoms with Gasteiger partial charge < -0.3 is 23.7 Å². The maximum atomic E-state index is 12.4. The fraction of sp³-hybridized carbons (Fsp3) is 0.238. The van der Waals surface area contributed by atoms with Crippen molar-refractivity contribution in [2.45, 2.75) is 6.61 Å². The van der Waals surface area contributed by atoms with E-state index in [1.54, 1.807) is 32.4 Å². The first-order chi connectivity index (χ1) is 14.2. The summed E-state index contributed by atoms with van der Waals surface area (Å²) >= 11 is 1.44. The second-order valence-corrected chi connectivity index (χ2v) is 6.98. The Bertz CT molecular complexity index is 1030. The number of carbonyl (C=O) groups excluding carboxylic acids is 1. The van der Waals surface area contributed by atoms with Gasteiger partial charge in [0, 0.05) is 5.38 Å². The summed E-state index contributed by atoms with van der Waals surface area (Å²) in [4.78, 5) is 16.9. The first-order valence-electron chi connectivity index (χ1n) is 8.92. The van der Waals surface area contributed by atoms with Crippen molar-refractivity contribution in [1.82, 2.24) is 4.98 Å². The van der Waals surface area contributed by atoms with Crippen molar-refractivity contribution in [3.63, 3.8) is 0 Å². The smallest absolute Gasteiger partial charge is 0.338 e. The van der Waals surface area contributed by atoms with Crippen LogP contribution in [0.25, 0.3) is 10.6 Å². The molecule has 2 heterocycles. The van der Waals surface area contributed by atoms with E-state index in [0.29, 0.717) is 47.5 Å². The molecule has 1 aliphatic heterocycles. The summed E-state index contributed by atoms with van der Waals surface area (Å²) in [6, 6.07) is 10.6. The van der Waals surface area contributed by atoms with Crippen LogP contribution >= 0.6 is 11.3 Å². The predicted molar refractivity (Wildman–Crippen MR) is 107 cm³/mol. The molecule has 0 amide bonds. The van der Waals surface area contributed by atoms with Gasteiger partial charge in [0.1, 0.15) is 24.8 Å². The molecule has 8 heteroatoms. The van der Waals surface area contributed by atoms with Gasteiger partial charge in [0.2, 0.25) is 0 Å². The van der Waals surface area contributed by atoms with Crippen molar-refractivity contribution < 1.29 is 28.5 Å². The maximum Gasteiger partial charge on any atom is 0.338 e. The Morgan fingerprint density at radius 1 is 1.10 bits per heavy atom. The zero-order valence-corrected chi connectivity index (χ0v) is 16.8. The summed E-state index contributed by atoms with van der Waals surface area (Å²) in [6.45, 7) is 1.03. The molecule has 7 nitrogen and oxygen atoms in total. The van der Waals surface area contributed by atoms with E-state index in [9.17, 15) is 4.79 Å². The molecule has 0 atom stereocenters. The van der Waals surface area contributed by atoms with Gasteiger partial charge in [-0.2, -0.15) is 0 Å². The summed E-state index contributed by atoms with van der Waals surface area (Å²) in [7, 11) is 3.18. The molecule has 3 aromatic rings. The van der Waals surface area contributed by atoms with Gasteiger partial charge in [-0.15, -0.1) is 11.3 Å². The lowest BCUT2D eigenvalue weighted by atomic mass is 10.2. The molecule has 0 N–H and O–H groups in total. The third kappa shape index (κ3) is 3.97. The molecule has 0 spiro atoms. The number of thiazole rings is 1. The molecule has 0 saturated carbocycles. The van der Waals surface area contributed by atoms with Crippen LogP contribution in [0.1, 0.15) is 16.1 Å². The molecule has 0 saturated heterocycles. The van der Waals surface area contributed by atoms with Crippen molar-refractivity contribution >= 4 is 17.3 Å². The van der Waals surface area contributed by atoms with E-state index in [1.807, 2.05) is 23.6 Å². The Balaban J connectivity index is 1.46. The molecule has 150 valence electrons. The SMILES string of the molecule is COc1cccc(-c2nc(COC(=O)c3ccc4c(c3)OCCO4)cs2)c1OC. The summed E-state index contributed by atoms with van der Waals surface area (Å²) in [5.41, 5.74) is 1.88. The highest BCUT2D eigenvalue weighted by atomic mass is 32.1. The van der Waals surface area contributed by atoms with Crippen LogP contribution in [0, 0.1) is 0 Å². The normalized spacial score (nSPS) is 12.3. The van der Waals surface area contributed by atoms with E-state index in [2.05, 4.69) is 4.98 Å². The van der Waals surface area contributed by atoms with Gasteiger partial charge in [0.05, 0.1) is 31.0 Å². The van der Waals surface area contributed by atoms with E-state index in [-0.39, 0.29) is 6.61 Å². The van der Waals surface area contributed by atoms with E-state index >= 15 is 0 Å². The largest absolute Gasteiger partial charge is 0.493 e. The summed E-state index contributed by atoms with van der Waals surface area (Å²) in [5, 5.41) is 2.61. The number of aromatic nitrogens is 1.